The predicted octanol–water partition coefficient (Wildman–Crippen LogP) is 1.47. The summed E-state index contributed by atoms with van der Waals surface area (Å²) in [6.07, 6.45) is 1.65. The first-order valence-corrected chi connectivity index (χ1v) is 10.2. The zero-order valence-corrected chi connectivity index (χ0v) is 17.7. The van der Waals surface area contributed by atoms with Crippen molar-refractivity contribution in [3.63, 3.8) is 0 Å². The fraction of sp³-hybridized carbons (Fsp3) is 0.250. The van der Waals surface area contributed by atoms with E-state index in [0.29, 0.717) is 22.6 Å². The number of likely N-dealkylation sites (N-methyl/N-ethyl adjacent to an activating group) is 1. The van der Waals surface area contributed by atoms with Crippen molar-refractivity contribution in [2.75, 3.05) is 26.0 Å². The summed E-state index contributed by atoms with van der Waals surface area (Å²) < 4.78 is 32.3. The van der Waals surface area contributed by atoms with E-state index in [0.717, 1.165) is 15.3 Å². The number of carbonyl (C=O) groups is 1. The summed E-state index contributed by atoms with van der Waals surface area (Å²) >= 11 is 0. The Morgan fingerprint density at radius 3 is 2.43 bits per heavy atom. The second kappa shape index (κ2) is 8.62. The van der Waals surface area contributed by atoms with Crippen molar-refractivity contribution in [3.05, 3.63) is 53.6 Å². The molecule has 0 aromatic heterocycles. The zero-order valence-electron chi connectivity index (χ0n) is 16.9. The number of nitrogens with one attached hydrogen (secondary N) is 1. The van der Waals surface area contributed by atoms with Crippen molar-refractivity contribution in [3.8, 4) is 5.75 Å². The van der Waals surface area contributed by atoms with E-state index in [9.17, 15) is 13.2 Å². The molecule has 0 fully saturated rings. The number of amides is 1. The largest absolute Gasteiger partial charge is 0.497 e. The fourth-order valence-corrected chi connectivity index (χ4v) is 4.62. The van der Waals surface area contributed by atoms with Gasteiger partial charge in [0, 0.05) is 12.7 Å². The maximum absolute atomic E-state index is 13.0. The molecule has 8 heteroatoms. The number of benzene rings is 2. The summed E-state index contributed by atoms with van der Waals surface area (Å²) in [6, 6.07) is 8.90. The van der Waals surface area contributed by atoms with E-state index in [1.165, 1.54) is 14.2 Å². The van der Waals surface area contributed by atoms with Crippen molar-refractivity contribution in [2.24, 2.45) is 0 Å². The van der Waals surface area contributed by atoms with Crippen LogP contribution in [-0.4, -0.2) is 47.2 Å². The smallest absolute Gasteiger partial charge is 0.243 e. The maximum atomic E-state index is 13.0. The van der Waals surface area contributed by atoms with Crippen molar-refractivity contribution in [1.82, 2.24) is 4.31 Å². The van der Waals surface area contributed by atoms with E-state index in [-0.39, 0.29) is 11.4 Å². The number of rotatable bonds is 7. The van der Waals surface area contributed by atoms with Crippen LogP contribution in [0.2, 0.25) is 0 Å². The Balaban J connectivity index is 2.26. The molecular weight excluding hydrogens is 375 g/mol. The Morgan fingerprint density at radius 1 is 1.29 bits per heavy atom. The van der Waals surface area contributed by atoms with Crippen molar-refractivity contribution < 1.29 is 17.9 Å². The number of hydrogen-bond acceptors (Lipinski definition) is 4. The SMILES string of the molecule is Bc1cccc(C=C)c1NC(=O)CN(C)S(=O)(=O)c1c(C)cc(OC)cc1C. The first kappa shape index (κ1) is 21.7. The van der Waals surface area contributed by atoms with Gasteiger partial charge in [-0.05, 0) is 42.7 Å². The van der Waals surface area contributed by atoms with E-state index in [1.54, 1.807) is 32.1 Å². The highest BCUT2D eigenvalue weighted by atomic mass is 32.2. The Morgan fingerprint density at radius 2 is 1.89 bits per heavy atom. The molecule has 2 aromatic carbocycles. The first-order chi connectivity index (χ1) is 13.1. The number of hydrogen-bond donors (Lipinski definition) is 1. The lowest BCUT2D eigenvalue weighted by atomic mass is 9.91. The van der Waals surface area contributed by atoms with Gasteiger partial charge in [0.15, 0.2) is 0 Å². The minimum atomic E-state index is -3.84. The highest BCUT2D eigenvalue weighted by Gasteiger charge is 2.27. The first-order valence-electron chi connectivity index (χ1n) is 8.75. The molecule has 0 spiro atoms. The van der Waals surface area contributed by atoms with E-state index >= 15 is 0 Å². The Kier molecular flexibility index (Phi) is 6.69. The van der Waals surface area contributed by atoms with E-state index in [1.807, 2.05) is 26.0 Å². The quantitative estimate of drug-likeness (QED) is 0.715. The molecular formula is C20H25BN2O4S. The molecule has 2 rings (SSSR count). The van der Waals surface area contributed by atoms with Crippen LogP contribution in [0, 0.1) is 13.8 Å². The normalized spacial score (nSPS) is 11.3. The molecule has 6 nitrogen and oxygen atoms in total. The molecule has 1 amide bonds. The molecule has 0 bridgehead atoms. The van der Waals surface area contributed by atoms with E-state index < -0.39 is 15.9 Å². The molecule has 28 heavy (non-hydrogen) atoms. The van der Waals surface area contributed by atoms with Crippen LogP contribution in [-0.2, 0) is 14.8 Å². The van der Waals surface area contributed by atoms with Gasteiger partial charge in [0.25, 0.3) is 0 Å². The number of anilines is 1. The fourth-order valence-electron chi connectivity index (χ4n) is 3.09. The molecule has 0 radical (unpaired) electrons. The summed E-state index contributed by atoms with van der Waals surface area (Å²) in [5, 5.41) is 2.80. The third-order valence-corrected chi connectivity index (χ3v) is 6.60. The third-order valence-electron chi connectivity index (χ3n) is 4.49. The van der Waals surface area contributed by atoms with Crippen LogP contribution in [0.25, 0.3) is 6.08 Å². The molecule has 0 heterocycles. The second-order valence-corrected chi connectivity index (χ2v) is 8.62. The summed E-state index contributed by atoms with van der Waals surface area (Å²) in [5.74, 6) is 0.165. The van der Waals surface area contributed by atoms with Gasteiger partial charge in [-0.15, -0.1) is 0 Å². The van der Waals surface area contributed by atoms with Gasteiger partial charge in [-0.3, -0.25) is 4.79 Å². The van der Waals surface area contributed by atoms with E-state index in [2.05, 4.69) is 11.9 Å². The van der Waals surface area contributed by atoms with Gasteiger partial charge < -0.3 is 10.1 Å². The average molecular weight is 400 g/mol. The molecule has 0 saturated carbocycles. The van der Waals surface area contributed by atoms with Gasteiger partial charge in [0.05, 0.1) is 18.6 Å². The lowest BCUT2D eigenvalue weighted by Crippen LogP contribution is -2.36. The summed E-state index contributed by atoms with van der Waals surface area (Å²) in [6.45, 7) is 6.85. The van der Waals surface area contributed by atoms with Gasteiger partial charge in [0.1, 0.15) is 13.6 Å². The molecule has 0 atom stereocenters. The van der Waals surface area contributed by atoms with Gasteiger partial charge in [-0.25, -0.2) is 8.42 Å². The average Bonchev–Trinajstić information content (AvgIpc) is 2.62. The molecule has 148 valence electrons. The van der Waals surface area contributed by atoms with Crippen LogP contribution >= 0.6 is 0 Å². The Bertz CT molecular complexity index is 996. The van der Waals surface area contributed by atoms with Crippen LogP contribution in [0.3, 0.4) is 0 Å². The predicted molar refractivity (Wildman–Crippen MR) is 116 cm³/mol. The van der Waals surface area contributed by atoms with Crippen molar-refractivity contribution >= 4 is 41.0 Å². The standard InChI is InChI=1S/C20H25BN2O4S/c1-6-15-8-7-9-17(21)19(15)22-18(24)12-23(4)28(25,26)20-13(2)10-16(27-5)11-14(20)3/h6-11H,1,12,21H2,2-5H3,(H,22,24). The van der Waals surface area contributed by atoms with Gasteiger partial charge in [-0.2, -0.15) is 4.31 Å². The van der Waals surface area contributed by atoms with Crippen molar-refractivity contribution in [1.29, 1.82) is 0 Å². The minimum absolute atomic E-state index is 0.186. The number of sulfonamides is 1. The Hall–Kier alpha value is -2.58. The maximum Gasteiger partial charge on any atom is 0.243 e. The van der Waals surface area contributed by atoms with Gasteiger partial charge in [-0.1, -0.05) is 36.3 Å². The third kappa shape index (κ3) is 4.45. The number of aryl methyl sites for hydroxylation is 2. The summed E-state index contributed by atoms with van der Waals surface area (Å²) in [5.41, 5.74) is 3.41. The molecule has 0 aliphatic heterocycles. The zero-order chi connectivity index (χ0) is 21.1. The summed E-state index contributed by atoms with van der Waals surface area (Å²) in [4.78, 5) is 12.7. The molecule has 0 aliphatic carbocycles. The lowest BCUT2D eigenvalue weighted by molar-refractivity contribution is -0.116. The number of ether oxygens (including phenoxy) is 1. The molecule has 0 saturated heterocycles. The highest BCUT2D eigenvalue weighted by molar-refractivity contribution is 7.89. The number of para-hydroxylation sites is 1. The van der Waals surface area contributed by atoms with Crippen LogP contribution in [0.4, 0.5) is 5.69 Å². The molecule has 0 aliphatic rings. The summed E-state index contributed by atoms with van der Waals surface area (Å²) in [7, 11) is 0.949. The monoisotopic (exact) mass is 400 g/mol. The van der Waals surface area contributed by atoms with Crippen LogP contribution < -0.4 is 15.5 Å². The highest BCUT2D eigenvalue weighted by Crippen LogP contribution is 2.27. The number of carbonyl (C=O) groups excluding carboxylic acids is 1. The van der Waals surface area contributed by atoms with Gasteiger partial charge >= 0.3 is 0 Å². The Labute approximate surface area is 167 Å². The second-order valence-electron chi connectivity index (χ2n) is 6.64. The number of methoxy groups -OCH3 is 1. The van der Waals surface area contributed by atoms with Crippen molar-refractivity contribution in [2.45, 2.75) is 18.7 Å². The minimum Gasteiger partial charge on any atom is -0.497 e. The number of nitrogens with zero attached hydrogens (tertiary/aromatic N) is 1. The molecule has 1 N–H and O–H groups in total. The molecule has 0 unspecified atom stereocenters. The molecule has 2 aromatic rings. The lowest BCUT2D eigenvalue weighted by Gasteiger charge is -2.21. The topological polar surface area (TPSA) is 75.7 Å². The van der Waals surface area contributed by atoms with E-state index in [4.69, 9.17) is 4.74 Å². The van der Waals surface area contributed by atoms with Gasteiger partial charge in [0.2, 0.25) is 15.9 Å². The van der Waals surface area contributed by atoms with Crippen LogP contribution in [0.5, 0.6) is 5.75 Å². The van der Waals surface area contributed by atoms with Crippen LogP contribution in [0.15, 0.2) is 41.8 Å². The van der Waals surface area contributed by atoms with Crippen LogP contribution in [0.1, 0.15) is 16.7 Å².